The molecule has 2 aliphatic rings. The van der Waals surface area contributed by atoms with Crippen LogP contribution in [-0.2, 0) is 4.74 Å². The summed E-state index contributed by atoms with van der Waals surface area (Å²) in [6.45, 7) is 3.68. The highest BCUT2D eigenvalue weighted by Crippen LogP contribution is 2.32. The largest absolute Gasteiger partial charge is 0.473 e. The molecule has 2 fully saturated rings. The van der Waals surface area contributed by atoms with Crippen LogP contribution in [0.2, 0.25) is 0 Å². The molecule has 0 spiro atoms. The second-order valence-electron chi connectivity index (χ2n) is 5.02. The first-order valence-corrected chi connectivity index (χ1v) is 6.83. The number of hydrogen-bond donors (Lipinski definition) is 1. The van der Waals surface area contributed by atoms with Crippen LogP contribution in [0.1, 0.15) is 30.7 Å². The average Bonchev–Trinajstić information content (AvgIpc) is 2.93. The Bertz CT molecular complexity index is 385. The Labute approximate surface area is 108 Å². The van der Waals surface area contributed by atoms with Gasteiger partial charge < -0.3 is 14.8 Å². The standard InChI is InChI=1S/C14H20N2O2/c1-2-13(11-4-8-17-9-5-11)14(16-6-1)18-12-3-7-15-10-12/h1-2,6,11-12,15H,3-5,7-10H2. The molecule has 1 N–H and O–H groups in total. The number of ether oxygens (including phenoxy) is 2. The first-order chi connectivity index (χ1) is 8.93. The van der Waals surface area contributed by atoms with Gasteiger partial charge in [-0.25, -0.2) is 4.98 Å². The second kappa shape index (κ2) is 5.67. The van der Waals surface area contributed by atoms with Gasteiger partial charge in [-0.1, -0.05) is 6.07 Å². The highest BCUT2D eigenvalue weighted by atomic mass is 16.5. The second-order valence-corrected chi connectivity index (χ2v) is 5.02. The Morgan fingerprint density at radius 2 is 2.17 bits per heavy atom. The summed E-state index contributed by atoms with van der Waals surface area (Å²) in [5, 5.41) is 3.32. The normalized spacial score (nSPS) is 25.2. The molecule has 0 amide bonds. The van der Waals surface area contributed by atoms with Crippen LogP contribution in [0.3, 0.4) is 0 Å². The van der Waals surface area contributed by atoms with Crippen LogP contribution in [0, 0.1) is 0 Å². The molecule has 3 heterocycles. The van der Waals surface area contributed by atoms with E-state index >= 15 is 0 Å². The Kier molecular flexibility index (Phi) is 3.76. The van der Waals surface area contributed by atoms with Gasteiger partial charge >= 0.3 is 0 Å². The molecule has 4 heteroatoms. The van der Waals surface area contributed by atoms with Gasteiger partial charge in [-0.3, -0.25) is 0 Å². The summed E-state index contributed by atoms with van der Waals surface area (Å²) in [5.74, 6) is 1.37. The van der Waals surface area contributed by atoms with Gasteiger partial charge in [-0.05, 0) is 37.8 Å². The Balaban J connectivity index is 1.75. The van der Waals surface area contributed by atoms with Gasteiger partial charge in [0.2, 0.25) is 5.88 Å². The first-order valence-electron chi connectivity index (χ1n) is 6.83. The number of hydrogen-bond acceptors (Lipinski definition) is 4. The first kappa shape index (κ1) is 11.9. The predicted octanol–water partition coefficient (Wildman–Crippen LogP) is 1.72. The van der Waals surface area contributed by atoms with Gasteiger partial charge in [0.05, 0.1) is 0 Å². The van der Waals surface area contributed by atoms with Crippen LogP contribution in [0.15, 0.2) is 18.3 Å². The number of rotatable bonds is 3. The van der Waals surface area contributed by atoms with Crippen LogP contribution < -0.4 is 10.1 Å². The van der Waals surface area contributed by atoms with E-state index in [1.54, 1.807) is 0 Å². The lowest BCUT2D eigenvalue weighted by molar-refractivity contribution is 0.0839. The molecule has 3 rings (SSSR count). The fraction of sp³-hybridized carbons (Fsp3) is 0.643. The SMILES string of the molecule is c1cnc(OC2CCNC2)c(C2CCOCC2)c1. The summed E-state index contributed by atoms with van der Waals surface area (Å²) in [6.07, 6.45) is 5.32. The van der Waals surface area contributed by atoms with E-state index in [9.17, 15) is 0 Å². The van der Waals surface area contributed by atoms with Gasteiger partial charge in [0.25, 0.3) is 0 Å². The molecule has 0 aromatic carbocycles. The summed E-state index contributed by atoms with van der Waals surface area (Å²) < 4.78 is 11.5. The van der Waals surface area contributed by atoms with Crippen LogP contribution >= 0.6 is 0 Å². The third-order valence-electron chi connectivity index (χ3n) is 3.76. The summed E-state index contributed by atoms with van der Waals surface area (Å²) >= 11 is 0. The topological polar surface area (TPSA) is 43.4 Å². The smallest absolute Gasteiger partial charge is 0.217 e. The molecule has 1 aromatic heterocycles. The molecule has 18 heavy (non-hydrogen) atoms. The lowest BCUT2D eigenvalue weighted by Gasteiger charge is -2.24. The zero-order valence-electron chi connectivity index (χ0n) is 10.6. The van der Waals surface area contributed by atoms with Crippen molar-refractivity contribution in [2.45, 2.75) is 31.3 Å². The van der Waals surface area contributed by atoms with E-state index in [0.717, 1.165) is 51.4 Å². The highest BCUT2D eigenvalue weighted by molar-refractivity contribution is 5.30. The van der Waals surface area contributed by atoms with Crippen molar-refractivity contribution in [3.8, 4) is 5.88 Å². The molecule has 1 unspecified atom stereocenters. The Hall–Kier alpha value is -1.13. The predicted molar refractivity (Wildman–Crippen MR) is 68.9 cm³/mol. The van der Waals surface area contributed by atoms with Crippen LogP contribution in [0.4, 0.5) is 0 Å². The molecule has 98 valence electrons. The minimum atomic E-state index is 0.276. The highest BCUT2D eigenvalue weighted by Gasteiger charge is 2.23. The van der Waals surface area contributed by atoms with Crippen LogP contribution in [0.25, 0.3) is 0 Å². The summed E-state index contributed by atoms with van der Waals surface area (Å²) in [7, 11) is 0. The van der Waals surface area contributed by atoms with Crippen molar-refractivity contribution in [3.63, 3.8) is 0 Å². The number of nitrogens with zero attached hydrogens (tertiary/aromatic N) is 1. The molecule has 1 aromatic rings. The lowest BCUT2D eigenvalue weighted by Crippen LogP contribution is -2.22. The minimum Gasteiger partial charge on any atom is -0.473 e. The van der Waals surface area contributed by atoms with E-state index in [0.29, 0.717) is 5.92 Å². The molecular weight excluding hydrogens is 228 g/mol. The Morgan fingerprint density at radius 1 is 1.28 bits per heavy atom. The van der Waals surface area contributed by atoms with Crippen molar-refractivity contribution in [3.05, 3.63) is 23.9 Å². The van der Waals surface area contributed by atoms with Gasteiger partial charge in [-0.15, -0.1) is 0 Å². The molecule has 1 atom stereocenters. The third kappa shape index (κ3) is 2.65. The fourth-order valence-electron chi connectivity index (χ4n) is 2.71. The van der Waals surface area contributed by atoms with E-state index in [-0.39, 0.29) is 6.10 Å². The van der Waals surface area contributed by atoms with Gasteiger partial charge in [0.1, 0.15) is 6.10 Å². The monoisotopic (exact) mass is 248 g/mol. The molecule has 0 saturated carbocycles. The lowest BCUT2D eigenvalue weighted by atomic mass is 9.92. The summed E-state index contributed by atoms with van der Waals surface area (Å²) in [6, 6.07) is 4.16. The van der Waals surface area contributed by atoms with E-state index in [1.165, 1.54) is 5.56 Å². The molecule has 4 nitrogen and oxygen atoms in total. The molecular formula is C14H20N2O2. The molecule has 0 bridgehead atoms. The third-order valence-corrected chi connectivity index (χ3v) is 3.76. The van der Waals surface area contributed by atoms with Crippen LogP contribution in [0.5, 0.6) is 5.88 Å². The quantitative estimate of drug-likeness (QED) is 0.884. The van der Waals surface area contributed by atoms with E-state index in [1.807, 2.05) is 12.3 Å². The molecule has 0 radical (unpaired) electrons. The van der Waals surface area contributed by atoms with Crippen molar-refractivity contribution >= 4 is 0 Å². The fourth-order valence-corrected chi connectivity index (χ4v) is 2.71. The summed E-state index contributed by atoms with van der Waals surface area (Å²) in [4.78, 5) is 4.43. The minimum absolute atomic E-state index is 0.276. The van der Waals surface area contributed by atoms with Crippen molar-refractivity contribution in [2.24, 2.45) is 0 Å². The van der Waals surface area contributed by atoms with E-state index in [2.05, 4.69) is 16.4 Å². The van der Waals surface area contributed by atoms with Gasteiger partial charge in [0.15, 0.2) is 0 Å². The van der Waals surface area contributed by atoms with Crippen molar-refractivity contribution in [1.82, 2.24) is 10.3 Å². The van der Waals surface area contributed by atoms with Crippen molar-refractivity contribution in [2.75, 3.05) is 26.3 Å². The average molecular weight is 248 g/mol. The molecule has 2 aliphatic heterocycles. The zero-order chi connectivity index (χ0) is 12.2. The van der Waals surface area contributed by atoms with E-state index in [4.69, 9.17) is 9.47 Å². The van der Waals surface area contributed by atoms with Crippen molar-refractivity contribution in [1.29, 1.82) is 0 Å². The Morgan fingerprint density at radius 3 is 2.94 bits per heavy atom. The van der Waals surface area contributed by atoms with Gasteiger partial charge in [0, 0.05) is 31.5 Å². The van der Waals surface area contributed by atoms with Gasteiger partial charge in [-0.2, -0.15) is 0 Å². The van der Waals surface area contributed by atoms with Crippen LogP contribution in [-0.4, -0.2) is 37.4 Å². The summed E-state index contributed by atoms with van der Waals surface area (Å²) in [5.41, 5.74) is 1.26. The molecule has 2 saturated heterocycles. The maximum Gasteiger partial charge on any atom is 0.217 e. The number of nitrogens with one attached hydrogen (secondary N) is 1. The molecule has 0 aliphatic carbocycles. The van der Waals surface area contributed by atoms with E-state index < -0.39 is 0 Å². The number of aromatic nitrogens is 1. The zero-order valence-corrected chi connectivity index (χ0v) is 10.6. The van der Waals surface area contributed by atoms with Crippen molar-refractivity contribution < 1.29 is 9.47 Å². The maximum atomic E-state index is 6.05. The maximum absolute atomic E-state index is 6.05. The number of pyridine rings is 1.